The predicted molar refractivity (Wildman–Crippen MR) is 71.6 cm³/mol. The van der Waals surface area contributed by atoms with Gasteiger partial charge in [0.05, 0.1) is 5.52 Å². The van der Waals surface area contributed by atoms with E-state index >= 15 is 0 Å². The highest BCUT2D eigenvalue weighted by Crippen LogP contribution is 2.15. The zero-order valence-corrected chi connectivity index (χ0v) is 10.2. The van der Waals surface area contributed by atoms with Gasteiger partial charge in [0, 0.05) is 18.0 Å². The number of pyridine rings is 1. The normalized spacial score (nSPS) is 10.5. The SMILES string of the molecule is NNC(=O)CCCCc1ccc2ncccc2c1. The van der Waals surface area contributed by atoms with Crippen LogP contribution in [-0.2, 0) is 11.2 Å². The first kappa shape index (κ1) is 12.5. The van der Waals surface area contributed by atoms with Crippen molar-refractivity contribution >= 4 is 16.8 Å². The van der Waals surface area contributed by atoms with Crippen molar-refractivity contribution in [3.05, 3.63) is 42.1 Å². The van der Waals surface area contributed by atoms with Gasteiger partial charge in [0.25, 0.3) is 0 Å². The van der Waals surface area contributed by atoms with Crippen molar-refractivity contribution in [1.29, 1.82) is 0 Å². The maximum Gasteiger partial charge on any atom is 0.233 e. The van der Waals surface area contributed by atoms with Crippen molar-refractivity contribution in [2.75, 3.05) is 0 Å². The second-order valence-corrected chi connectivity index (χ2v) is 4.31. The maximum atomic E-state index is 11.0. The van der Waals surface area contributed by atoms with Gasteiger partial charge in [-0.3, -0.25) is 15.2 Å². The van der Waals surface area contributed by atoms with Gasteiger partial charge in [-0.25, -0.2) is 5.84 Å². The molecule has 0 fully saturated rings. The van der Waals surface area contributed by atoms with E-state index < -0.39 is 0 Å². The number of hydrogen-bond donors (Lipinski definition) is 2. The monoisotopic (exact) mass is 243 g/mol. The lowest BCUT2D eigenvalue weighted by Crippen LogP contribution is -2.29. The van der Waals surface area contributed by atoms with Gasteiger partial charge in [0.15, 0.2) is 0 Å². The summed E-state index contributed by atoms with van der Waals surface area (Å²) in [5.41, 5.74) is 4.44. The Hall–Kier alpha value is -1.94. The molecule has 1 aromatic carbocycles. The van der Waals surface area contributed by atoms with Gasteiger partial charge in [-0.15, -0.1) is 0 Å². The van der Waals surface area contributed by atoms with Crippen LogP contribution in [0, 0.1) is 0 Å². The van der Waals surface area contributed by atoms with Crippen LogP contribution in [0.5, 0.6) is 0 Å². The number of unbranched alkanes of at least 4 members (excludes halogenated alkanes) is 1. The topological polar surface area (TPSA) is 68.0 Å². The van der Waals surface area contributed by atoms with Crippen LogP contribution in [0.4, 0.5) is 0 Å². The molecule has 2 aromatic rings. The molecule has 4 heteroatoms. The van der Waals surface area contributed by atoms with Gasteiger partial charge in [-0.05, 0) is 43.0 Å². The minimum atomic E-state index is -0.0993. The summed E-state index contributed by atoms with van der Waals surface area (Å²) in [6, 6.07) is 10.3. The Bertz CT molecular complexity index is 539. The van der Waals surface area contributed by atoms with Crippen LogP contribution in [0.2, 0.25) is 0 Å². The molecule has 0 saturated carbocycles. The van der Waals surface area contributed by atoms with Crippen LogP contribution in [0.1, 0.15) is 24.8 Å². The third-order valence-electron chi connectivity index (χ3n) is 2.95. The number of aryl methyl sites for hydroxylation is 1. The van der Waals surface area contributed by atoms with E-state index in [1.54, 1.807) is 6.20 Å². The number of rotatable bonds is 5. The number of carbonyl (C=O) groups excluding carboxylic acids is 1. The van der Waals surface area contributed by atoms with Crippen molar-refractivity contribution in [3.8, 4) is 0 Å². The van der Waals surface area contributed by atoms with Gasteiger partial charge >= 0.3 is 0 Å². The lowest BCUT2D eigenvalue weighted by Gasteiger charge is -2.03. The van der Waals surface area contributed by atoms with Gasteiger partial charge in [-0.1, -0.05) is 12.1 Å². The van der Waals surface area contributed by atoms with E-state index in [0.29, 0.717) is 6.42 Å². The van der Waals surface area contributed by atoms with Crippen LogP contribution in [-0.4, -0.2) is 10.9 Å². The number of hydrazine groups is 1. The number of aromatic nitrogens is 1. The van der Waals surface area contributed by atoms with Crippen LogP contribution in [0.3, 0.4) is 0 Å². The summed E-state index contributed by atoms with van der Waals surface area (Å²) >= 11 is 0. The van der Waals surface area contributed by atoms with E-state index in [2.05, 4.69) is 28.6 Å². The molecule has 0 bridgehead atoms. The zero-order chi connectivity index (χ0) is 12.8. The molecule has 3 N–H and O–H groups in total. The summed E-state index contributed by atoms with van der Waals surface area (Å²) in [5, 5.41) is 1.16. The smallest absolute Gasteiger partial charge is 0.233 e. The fraction of sp³-hybridized carbons (Fsp3) is 0.286. The zero-order valence-electron chi connectivity index (χ0n) is 10.2. The quantitative estimate of drug-likeness (QED) is 0.365. The summed E-state index contributed by atoms with van der Waals surface area (Å²) in [6.45, 7) is 0. The standard InChI is InChI=1S/C14H17N3O/c15-17-14(18)6-2-1-4-11-7-8-13-12(10-11)5-3-9-16-13/h3,5,7-10H,1-2,4,6,15H2,(H,17,18). The third-order valence-corrected chi connectivity index (χ3v) is 2.95. The highest BCUT2D eigenvalue weighted by atomic mass is 16.2. The molecule has 4 nitrogen and oxygen atoms in total. The molecule has 0 aliphatic heterocycles. The number of nitrogens with one attached hydrogen (secondary N) is 1. The fourth-order valence-electron chi connectivity index (χ4n) is 1.97. The van der Waals surface area contributed by atoms with Gasteiger partial charge in [0.2, 0.25) is 5.91 Å². The van der Waals surface area contributed by atoms with Crippen molar-refractivity contribution in [2.45, 2.75) is 25.7 Å². The number of nitrogens with zero attached hydrogens (tertiary/aromatic N) is 1. The number of amides is 1. The van der Waals surface area contributed by atoms with E-state index in [1.807, 2.05) is 12.1 Å². The van der Waals surface area contributed by atoms with Gasteiger partial charge in [-0.2, -0.15) is 0 Å². The van der Waals surface area contributed by atoms with E-state index in [0.717, 1.165) is 30.2 Å². The predicted octanol–water partition coefficient (Wildman–Crippen LogP) is 1.94. The summed E-state index contributed by atoms with van der Waals surface area (Å²) in [7, 11) is 0. The number of benzene rings is 1. The molecule has 0 saturated heterocycles. The molecule has 0 aliphatic rings. The highest BCUT2D eigenvalue weighted by Gasteiger charge is 2.00. The van der Waals surface area contributed by atoms with Gasteiger partial charge in [0.1, 0.15) is 0 Å². The average molecular weight is 243 g/mol. The molecule has 94 valence electrons. The van der Waals surface area contributed by atoms with Crippen molar-refractivity contribution < 1.29 is 4.79 Å². The number of fused-ring (bicyclic) bond motifs is 1. The Morgan fingerprint density at radius 2 is 2.17 bits per heavy atom. The number of carbonyl (C=O) groups is 1. The molecule has 0 aliphatic carbocycles. The molecule has 1 aromatic heterocycles. The Balaban J connectivity index is 1.90. The molecular weight excluding hydrogens is 226 g/mol. The van der Waals surface area contributed by atoms with E-state index in [-0.39, 0.29) is 5.91 Å². The molecule has 18 heavy (non-hydrogen) atoms. The fourth-order valence-corrected chi connectivity index (χ4v) is 1.97. The lowest BCUT2D eigenvalue weighted by atomic mass is 10.0. The van der Waals surface area contributed by atoms with Crippen LogP contribution in [0.15, 0.2) is 36.5 Å². The molecule has 0 atom stereocenters. The van der Waals surface area contributed by atoms with Crippen LogP contribution < -0.4 is 11.3 Å². The summed E-state index contributed by atoms with van der Waals surface area (Å²) in [5.74, 6) is 4.92. The largest absolute Gasteiger partial charge is 0.294 e. The van der Waals surface area contributed by atoms with Crippen molar-refractivity contribution in [2.24, 2.45) is 5.84 Å². The molecular formula is C14H17N3O. The second kappa shape index (κ2) is 6.12. The summed E-state index contributed by atoms with van der Waals surface area (Å²) < 4.78 is 0. The second-order valence-electron chi connectivity index (χ2n) is 4.31. The molecule has 1 heterocycles. The molecule has 2 rings (SSSR count). The number of nitrogens with two attached hydrogens (primary N) is 1. The molecule has 1 amide bonds. The summed E-state index contributed by atoms with van der Waals surface area (Å²) in [6.07, 6.45) is 5.11. The minimum absolute atomic E-state index is 0.0993. The average Bonchev–Trinajstić information content (AvgIpc) is 2.43. The first-order chi connectivity index (χ1) is 8.79. The molecule has 0 unspecified atom stereocenters. The van der Waals surface area contributed by atoms with E-state index in [4.69, 9.17) is 5.84 Å². The summed E-state index contributed by atoms with van der Waals surface area (Å²) in [4.78, 5) is 15.2. The van der Waals surface area contributed by atoms with E-state index in [1.165, 1.54) is 5.56 Å². The Morgan fingerprint density at radius 3 is 3.00 bits per heavy atom. The Labute approximate surface area is 106 Å². The maximum absolute atomic E-state index is 11.0. The van der Waals surface area contributed by atoms with E-state index in [9.17, 15) is 4.79 Å². The van der Waals surface area contributed by atoms with Gasteiger partial charge < -0.3 is 0 Å². The lowest BCUT2D eigenvalue weighted by molar-refractivity contribution is -0.121. The third kappa shape index (κ3) is 3.28. The first-order valence-electron chi connectivity index (χ1n) is 6.13. The Kier molecular flexibility index (Phi) is 4.25. The minimum Gasteiger partial charge on any atom is -0.294 e. The van der Waals surface area contributed by atoms with Crippen LogP contribution >= 0.6 is 0 Å². The van der Waals surface area contributed by atoms with Crippen molar-refractivity contribution in [1.82, 2.24) is 10.4 Å². The molecule has 0 spiro atoms. The van der Waals surface area contributed by atoms with Crippen LogP contribution in [0.25, 0.3) is 10.9 Å². The molecule has 0 radical (unpaired) electrons. The first-order valence-corrected chi connectivity index (χ1v) is 6.13. The number of hydrogen-bond acceptors (Lipinski definition) is 3. The van der Waals surface area contributed by atoms with Crippen molar-refractivity contribution in [3.63, 3.8) is 0 Å². The highest BCUT2D eigenvalue weighted by molar-refractivity contribution is 5.78. The Morgan fingerprint density at radius 1 is 1.28 bits per heavy atom.